The number of hydrogen-bond donors (Lipinski definition) is 0. The normalized spacial score (nSPS) is 17.8. The predicted octanol–water partition coefficient (Wildman–Crippen LogP) is 6.09. The van der Waals surface area contributed by atoms with Gasteiger partial charge < -0.3 is 9.64 Å². The zero-order valence-electron chi connectivity index (χ0n) is 25.8. The topological polar surface area (TPSA) is 124 Å². The molecule has 2 atom stereocenters. The third kappa shape index (κ3) is 7.44. The van der Waals surface area contributed by atoms with Crippen molar-refractivity contribution in [2.24, 2.45) is 5.92 Å². The summed E-state index contributed by atoms with van der Waals surface area (Å²) in [7, 11) is 0. The number of anilines is 2. The van der Waals surface area contributed by atoms with Gasteiger partial charge in [0, 0.05) is 41.7 Å². The number of hydrogen-bond acceptors (Lipinski definition) is 7. The minimum Gasteiger partial charge on any atom is -0.465 e. The Labute approximate surface area is 279 Å². The summed E-state index contributed by atoms with van der Waals surface area (Å²) in [4.78, 5) is 62.7. The lowest BCUT2D eigenvalue weighted by molar-refractivity contribution is -0.143. The van der Waals surface area contributed by atoms with Crippen LogP contribution < -0.4 is 9.80 Å². The van der Waals surface area contributed by atoms with E-state index in [1.165, 1.54) is 42.6 Å². The maximum absolute atomic E-state index is 14.9. The smallest absolute Gasteiger partial charge is 0.327 e. The Morgan fingerprint density at radius 2 is 1.90 bits per heavy atom. The van der Waals surface area contributed by atoms with Crippen LogP contribution in [-0.4, -0.2) is 65.2 Å². The van der Waals surface area contributed by atoms with Gasteiger partial charge in [-0.25, -0.2) is 22.9 Å². The number of nitrogens with zero attached hydrogens (tertiary/aromatic N) is 5. The lowest BCUT2D eigenvalue weighted by Gasteiger charge is -2.37. The van der Waals surface area contributed by atoms with Crippen LogP contribution in [0.5, 0.6) is 0 Å². The average Bonchev–Trinajstić information content (AvgIpc) is 3.36. The predicted molar refractivity (Wildman–Crippen MR) is 169 cm³/mol. The molecule has 0 spiro atoms. The van der Waals surface area contributed by atoms with Crippen molar-refractivity contribution in [2.45, 2.75) is 50.6 Å². The van der Waals surface area contributed by atoms with Crippen LogP contribution in [0.4, 0.5) is 29.5 Å². The Kier molecular flexibility index (Phi) is 10.3. The molecule has 250 valence electrons. The Morgan fingerprint density at radius 1 is 1.15 bits per heavy atom. The summed E-state index contributed by atoms with van der Waals surface area (Å²) in [5.74, 6) is -6.10. The van der Waals surface area contributed by atoms with Crippen molar-refractivity contribution in [1.29, 1.82) is 5.26 Å². The number of urea groups is 1. The molecule has 0 radical (unpaired) electrons. The van der Waals surface area contributed by atoms with Crippen LogP contribution in [0, 0.1) is 23.1 Å². The molecule has 48 heavy (non-hydrogen) atoms. The van der Waals surface area contributed by atoms with Gasteiger partial charge in [-0.15, -0.1) is 0 Å². The van der Waals surface area contributed by atoms with E-state index in [2.05, 4.69) is 4.98 Å². The molecule has 1 saturated heterocycles. The molecule has 3 aromatic rings. The summed E-state index contributed by atoms with van der Waals surface area (Å²) < 4.78 is 47.0. The maximum atomic E-state index is 14.9. The summed E-state index contributed by atoms with van der Waals surface area (Å²) in [5, 5.41) is 9.63. The van der Waals surface area contributed by atoms with Gasteiger partial charge in [-0.1, -0.05) is 35.9 Å². The second-order valence-corrected chi connectivity index (χ2v) is 12.0. The van der Waals surface area contributed by atoms with Crippen LogP contribution in [0.25, 0.3) is 0 Å². The number of carbonyl (C=O) groups excluding carboxylic acids is 4. The van der Waals surface area contributed by atoms with E-state index in [1.807, 2.05) is 6.07 Å². The van der Waals surface area contributed by atoms with E-state index in [0.717, 1.165) is 26.8 Å². The number of pyridine rings is 1. The van der Waals surface area contributed by atoms with E-state index in [-0.39, 0.29) is 66.5 Å². The van der Waals surface area contributed by atoms with Gasteiger partial charge in [0.25, 0.3) is 5.91 Å². The number of nitriles is 1. The van der Waals surface area contributed by atoms with Crippen LogP contribution in [0.2, 0.25) is 5.02 Å². The number of halogens is 4. The van der Waals surface area contributed by atoms with Crippen molar-refractivity contribution >= 4 is 46.8 Å². The average molecular weight is 682 g/mol. The first-order valence-corrected chi connectivity index (χ1v) is 15.6. The summed E-state index contributed by atoms with van der Waals surface area (Å²) in [6.07, 6.45) is 0.513. The number of Topliss-reactive ketones (excluding diaryl/α,β-unsaturated/α-hetero) is 1. The highest BCUT2D eigenvalue weighted by molar-refractivity contribution is 6.31. The second kappa shape index (κ2) is 14.4. The molecule has 5 rings (SSSR count). The summed E-state index contributed by atoms with van der Waals surface area (Å²) >= 11 is 6.59. The van der Waals surface area contributed by atoms with E-state index < -0.39 is 60.0 Å². The summed E-state index contributed by atoms with van der Waals surface area (Å²) in [6, 6.07) is 12.2. The Balaban J connectivity index is 1.61. The van der Waals surface area contributed by atoms with Crippen molar-refractivity contribution in [1.82, 2.24) is 9.88 Å². The Bertz CT molecular complexity index is 1760. The fourth-order valence-corrected chi connectivity index (χ4v) is 6.27. The van der Waals surface area contributed by atoms with Gasteiger partial charge in [0.1, 0.15) is 30.3 Å². The monoisotopic (exact) mass is 681 g/mol. The van der Waals surface area contributed by atoms with Crippen LogP contribution in [0.15, 0.2) is 66.9 Å². The first-order valence-electron chi connectivity index (χ1n) is 15.3. The van der Waals surface area contributed by atoms with Crippen LogP contribution >= 0.6 is 11.6 Å². The van der Waals surface area contributed by atoms with Gasteiger partial charge >= 0.3 is 12.0 Å². The zero-order chi connectivity index (χ0) is 34.6. The van der Waals surface area contributed by atoms with E-state index in [9.17, 15) is 37.6 Å². The maximum Gasteiger partial charge on any atom is 0.327 e. The SMILES string of the molecule is CCOC(=O)CN1C[C@@H](C(=O)N(c2cccc(F)c2)C(C(=O)CCC2CC(F)(F)C2)c2ccccc2Cl)N(c2cc(C#N)ccn2)C1=O. The van der Waals surface area contributed by atoms with Crippen molar-refractivity contribution in [3.63, 3.8) is 0 Å². The first kappa shape index (κ1) is 34.4. The van der Waals surface area contributed by atoms with Gasteiger partial charge in [-0.05, 0) is 55.7 Å². The van der Waals surface area contributed by atoms with E-state index in [1.54, 1.807) is 19.1 Å². The van der Waals surface area contributed by atoms with E-state index in [4.69, 9.17) is 16.3 Å². The highest BCUT2D eigenvalue weighted by atomic mass is 35.5. The molecule has 0 N–H and O–H groups in total. The molecular formula is C34H31ClF3N5O5. The van der Waals surface area contributed by atoms with Gasteiger partial charge in [-0.3, -0.25) is 24.2 Å². The van der Waals surface area contributed by atoms with Crippen molar-refractivity contribution in [2.75, 3.05) is 29.5 Å². The third-order valence-corrected chi connectivity index (χ3v) is 8.62. The fourth-order valence-electron chi connectivity index (χ4n) is 6.03. The molecule has 1 aliphatic carbocycles. The zero-order valence-corrected chi connectivity index (χ0v) is 26.6. The third-order valence-electron chi connectivity index (χ3n) is 8.27. The number of ether oxygens (including phenoxy) is 1. The van der Waals surface area contributed by atoms with Crippen LogP contribution in [0.3, 0.4) is 0 Å². The molecule has 1 unspecified atom stereocenters. The summed E-state index contributed by atoms with van der Waals surface area (Å²) in [6.45, 7) is 0.774. The molecule has 14 heteroatoms. The molecule has 3 amide bonds. The number of amides is 3. The molecule has 1 saturated carbocycles. The van der Waals surface area contributed by atoms with Crippen LogP contribution in [0.1, 0.15) is 49.8 Å². The highest BCUT2D eigenvalue weighted by Gasteiger charge is 2.49. The van der Waals surface area contributed by atoms with E-state index >= 15 is 0 Å². The largest absolute Gasteiger partial charge is 0.465 e. The molecule has 1 aromatic heterocycles. The fraction of sp³-hybridized carbons (Fsp3) is 0.353. The number of carbonyl (C=O) groups is 4. The van der Waals surface area contributed by atoms with Gasteiger partial charge in [0.2, 0.25) is 5.92 Å². The number of rotatable bonds is 12. The number of alkyl halides is 2. The van der Waals surface area contributed by atoms with Crippen molar-refractivity contribution in [3.05, 3.63) is 88.8 Å². The Morgan fingerprint density at radius 3 is 2.56 bits per heavy atom. The quantitative estimate of drug-likeness (QED) is 0.212. The molecular weight excluding hydrogens is 651 g/mol. The molecule has 0 bridgehead atoms. The number of benzene rings is 2. The second-order valence-electron chi connectivity index (χ2n) is 11.6. The van der Waals surface area contributed by atoms with Crippen molar-refractivity contribution < 1.29 is 37.1 Å². The molecule has 1 aliphatic heterocycles. The lowest BCUT2D eigenvalue weighted by atomic mass is 9.77. The molecule has 2 heterocycles. The standard InChI is InChI=1S/C34H31ClF3N5O5/c1-2-48-30(45)20-41-19-27(43(33(41)47)29-14-21(18-39)12-13-40-29)32(46)42(24-7-5-6-23(36)15-24)31(25-8-3-4-9-26(25)35)28(44)11-10-22-16-34(37,38)17-22/h3-9,12-15,22,27,31H,2,10-11,16-17,19-20H2,1H3/t27-,31?/m0/s1. The first-order chi connectivity index (χ1) is 22.9. The molecule has 2 aromatic carbocycles. The molecule has 10 nitrogen and oxygen atoms in total. The lowest BCUT2D eigenvalue weighted by Crippen LogP contribution is -2.51. The minimum absolute atomic E-state index is 0.0385. The number of esters is 1. The highest BCUT2D eigenvalue weighted by Crippen LogP contribution is 2.45. The number of aromatic nitrogens is 1. The van der Waals surface area contributed by atoms with Crippen molar-refractivity contribution in [3.8, 4) is 6.07 Å². The molecule has 2 aliphatic rings. The van der Waals surface area contributed by atoms with Gasteiger partial charge in [0.15, 0.2) is 5.78 Å². The summed E-state index contributed by atoms with van der Waals surface area (Å²) in [5.41, 5.74) is 0.295. The van der Waals surface area contributed by atoms with E-state index in [0.29, 0.717) is 0 Å². The molecule has 2 fully saturated rings. The Hall–Kier alpha value is -4.96. The van der Waals surface area contributed by atoms with Gasteiger partial charge in [-0.2, -0.15) is 5.26 Å². The minimum atomic E-state index is -2.79. The van der Waals surface area contributed by atoms with Gasteiger partial charge in [0.05, 0.1) is 24.8 Å². The number of ketones is 1. The van der Waals surface area contributed by atoms with Crippen LogP contribution in [-0.2, 0) is 19.1 Å².